The Labute approximate surface area is 176 Å². The van der Waals surface area contributed by atoms with Crippen LogP contribution in [-0.4, -0.2) is 49.0 Å². The van der Waals surface area contributed by atoms with Gasteiger partial charge >= 0.3 is 10.2 Å². The molecule has 1 atom stereocenters. The molecule has 0 amide bonds. The Bertz CT molecular complexity index is 1020. The highest BCUT2D eigenvalue weighted by molar-refractivity contribution is 7.87. The van der Waals surface area contributed by atoms with E-state index in [-0.39, 0.29) is 5.04 Å². The van der Waals surface area contributed by atoms with Gasteiger partial charge in [0, 0.05) is 20.3 Å². The van der Waals surface area contributed by atoms with Crippen molar-refractivity contribution < 1.29 is 13.5 Å². The van der Waals surface area contributed by atoms with Crippen molar-refractivity contribution in [1.82, 2.24) is 13.3 Å². The van der Waals surface area contributed by atoms with E-state index < -0.39 is 23.9 Å². The van der Waals surface area contributed by atoms with Crippen LogP contribution in [0.5, 0.6) is 0 Å². The molecule has 0 spiro atoms. The highest BCUT2D eigenvalue weighted by Gasteiger charge is 2.44. The lowest BCUT2D eigenvalue weighted by molar-refractivity contribution is 0.0972. The van der Waals surface area contributed by atoms with Gasteiger partial charge in [0.05, 0.1) is 5.69 Å². The molecular formula is C21H35N3O3SSi. The van der Waals surface area contributed by atoms with E-state index in [1.165, 1.54) is 28.6 Å². The minimum absolute atomic E-state index is 0.125. The van der Waals surface area contributed by atoms with Crippen LogP contribution in [0, 0.1) is 13.8 Å². The van der Waals surface area contributed by atoms with Crippen LogP contribution in [0.3, 0.4) is 0 Å². The van der Waals surface area contributed by atoms with Crippen molar-refractivity contribution in [2.75, 3.05) is 14.1 Å². The third-order valence-corrected chi connectivity index (χ3v) is 13.5. The van der Waals surface area contributed by atoms with Crippen LogP contribution in [-0.2, 0) is 15.8 Å². The highest BCUT2D eigenvalue weighted by atomic mass is 32.2. The van der Waals surface area contributed by atoms with Crippen LogP contribution >= 0.6 is 0 Å². The molecule has 1 heterocycles. The molecule has 8 heteroatoms. The standard InChI is InChI=1S/C21H35N3O3SSi/c1-15-12-11-13-17(16(15)2)21(6,25)18-14-24(28(26,27)23(7)8)19(22-18)29(9,10)20(3,4)5/h11-14,25H,1-10H3. The minimum atomic E-state index is -3.78. The van der Waals surface area contributed by atoms with Crippen LogP contribution in [0.2, 0.25) is 18.1 Å². The topological polar surface area (TPSA) is 75.4 Å². The first-order valence-corrected chi connectivity index (χ1v) is 14.2. The second-order valence-electron chi connectivity index (χ2n) is 9.73. The number of hydrogen-bond donors (Lipinski definition) is 1. The number of rotatable bonds is 5. The third-order valence-electron chi connectivity index (χ3n) is 6.45. The Morgan fingerprint density at radius 1 is 1.10 bits per heavy atom. The molecule has 0 radical (unpaired) electrons. The molecule has 0 saturated heterocycles. The maximum Gasteiger partial charge on any atom is 0.308 e. The lowest BCUT2D eigenvalue weighted by Crippen LogP contribution is -2.56. The number of aromatic nitrogens is 2. The molecule has 1 N–H and O–H groups in total. The molecule has 29 heavy (non-hydrogen) atoms. The maximum atomic E-state index is 13.1. The molecule has 6 nitrogen and oxygen atoms in total. The first-order valence-electron chi connectivity index (χ1n) is 9.78. The van der Waals surface area contributed by atoms with Crippen LogP contribution in [0.4, 0.5) is 0 Å². The SMILES string of the molecule is Cc1cccc(C(C)(O)c2cn(S(=O)(=O)N(C)C)c([Si](C)(C)C(C)(C)C)n2)c1C. The lowest BCUT2D eigenvalue weighted by atomic mass is 9.88. The lowest BCUT2D eigenvalue weighted by Gasteiger charge is -2.36. The summed E-state index contributed by atoms with van der Waals surface area (Å²) < 4.78 is 28.7. The van der Waals surface area contributed by atoms with E-state index >= 15 is 0 Å². The van der Waals surface area contributed by atoms with E-state index in [1.807, 2.05) is 32.0 Å². The van der Waals surface area contributed by atoms with E-state index in [2.05, 4.69) is 33.9 Å². The van der Waals surface area contributed by atoms with Gasteiger partial charge in [0.15, 0.2) is 0 Å². The molecule has 0 bridgehead atoms. The van der Waals surface area contributed by atoms with Gasteiger partial charge in [0.1, 0.15) is 19.1 Å². The van der Waals surface area contributed by atoms with Gasteiger partial charge in [0.25, 0.3) is 0 Å². The summed E-state index contributed by atoms with van der Waals surface area (Å²) in [6.07, 6.45) is 1.49. The van der Waals surface area contributed by atoms with Gasteiger partial charge in [-0.25, -0.2) is 8.96 Å². The number of aliphatic hydroxyl groups is 1. The molecule has 0 saturated carbocycles. The normalized spacial score (nSPS) is 15.6. The van der Waals surface area contributed by atoms with E-state index in [9.17, 15) is 13.5 Å². The van der Waals surface area contributed by atoms with Gasteiger partial charge in [-0.15, -0.1) is 0 Å². The molecule has 1 unspecified atom stereocenters. The maximum absolute atomic E-state index is 13.1. The quantitative estimate of drug-likeness (QED) is 0.729. The smallest absolute Gasteiger partial charge is 0.308 e. The number of imidazole rings is 1. The van der Waals surface area contributed by atoms with Crippen molar-refractivity contribution in [3.8, 4) is 0 Å². The average Bonchev–Trinajstić information content (AvgIpc) is 3.03. The third kappa shape index (κ3) is 3.95. The Kier molecular flexibility index (Phi) is 6.02. The average molecular weight is 438 g/mol. The Morgan fingerprint density at radius 3 is 2.14 bits per heavy atom. The fraction of sp³-hybridized carbons (Fsp3) is 0.571. The van der Waals surface area contributed by atoms with Gasteiger partial charge in [-0.3, -0.25) is 0 Å². The molecule has 162 valence electrons. The zero-order valence-electron chi connectivity index (χ0n) is 19.3. The van der Waals surface area contributed by atoms with Gasteiger partial charge in [0.2, 0.25) is 0 Å². The number of hydrogen-bond acceptors (Lipinski definition) is 4. The molecule has 0 fully saturated rings. The van der Waals surface area contributed by atoms with Crippen LogP contribution in [0.15, 0.2) is 24.4 Å². The van der Waals surface area contributed by atoms with Gasteiger partial charge in [-0.05, 0) is 42.5 Å². The Balaban J connectivity index is 2.84. The van der Waals surface area contributed by atoms with Crippen molar-refractivity contribution in [3.05, 3.63) is 46.8 Å². The first kappa shape index (κ1) is 23.8. The van der Waals surface area contributed by atoms with Crippen LogP contribution in [0.1, 0.15) is 50.1 Å². The molecule has 2 rings (SSSR count). The fourth-order valence-electron chi connectivity index (χ4n) is 3.12. The summed E-state index contributed by atoms with van der Waals surface area (Å²) in [6.45, 7) is 16.2. The van der Waals surface area contributed by atoms with Crippen molar-refractivity contribution >= 4 is 23.7 Å². The van der Waals surface area contributed by atoms with Gasteiger partial charge in [-0.2, -0.15) is 12.7 Å². The predicted molar refractivity (Wildman–Crippen MR) is 122 cm³/mol. The number of aryl methyl sites for hydroxylation is 1. The summed E-state index contributed by atoms with van der Waals surface area (Å²) in [4.78, 5) is 4.78. The molecule has 1 aromatic carbocycles. The summed E-state index contributed by atoms with van der Waals surface area (Å²) in [5.41, 5.74) is 2.23. The minimum Gasteiger partial charge on any atom is -0.379 e. The van der Waals surface area contributed by atoms with E-state index in [4.69, 9.17) is 4.98 Å². The van der Waals surface area contributed by atoms with E-state index in [0.29, 0.717) is 11.1 Å². The zero-order chi connectivity index (χ0) is 22.6. The van der Waals surface area contributed by atoms with Crippen molar-refractivity contribution in [2.45, 2.75) is 65.3 Å². The summed E-state index contributed by atoms with van der Waals surface area (Å²) in [5, 5.41) is 11.4. The zero-order valence-corrected chi connectivity index (χ0v) is 21.1. The molecule has 2 aromatic rings. The van der Waals surface area contributed by atoms with E-state index in [1.54, 1.807) is 6.92 Å². The summed E-state index contributed by atoms with van der Waals surface area (Å²) in [7, 11) is -3.10. The summed E-state index contributed by atoms with van der Waals surface area (Å²) in [6, 6.07) is 5.76. The monoisotopic (exact) mass is 437 g/mol. The van der Waals surface area contributed by atoms with Gasteiger partial charge < -0.3 is 5.11 Å². The molecule has 0 aliphatic heterocycles. The summed E-state index contributed by atoms with van der Waals surface area (Å²) >= 11 is 0. The number of nitrogens with zero attached hydrogens (tertiary/aromatic N) is 3. The Morgan fingerprint density at radius 2 is 1.66 bits per heavy atom. The van der Waals surface area contributed by atoms with Crippen LogP contribution < -0.4 is 5.45 Å². The fourth-order valence-corrected chi connectivity index (χ4v) is 6.68. The summed E-state index contributed by atoms with van der Waals surface area (Å²) in [5.74, 6) is 0. The van der Waals surface area contributed by atoms with Crippen molar-refractivity contribution in [3.63, 3.8) is 0 Å². The van der Waals surface area contributed by atoms with Crippen molar-refractivity contribution in [1.29, 1.82) is 0 Å². The second kappa shape index (κ2) is 7.33. The van der Waals surface area contributed by atoms with Crippen LogP contribution in [0.25, 0.3) is 0 Å². The highest BCUT2D eigenvalue weighted by Crippen LogP contribution is 2.37. The van der Waals surface area contributed by atoms with E-state index in [0.717, 1.165) is 16.7 Å². The molecular weight excluding hydrogens is 402 g/mol. The number of benzene rings is 1. The predicted octanol–water partition coefficient (Wildman–Crippen LogP) is 3.13. The molecule has 1 aromatic heterocycles. The van der Waals surface area contributed by atoms with Crippen molar-refractivity contribution in [2.24, 2.45) is 0 Å². The largest absolute Gasteiger partial charge is 0.379 e. The van der Waals surface area contributed by atoms with Gasteiger partial charge in [-0.1, -0.05) is 52.1 Å². The molecule has 0 aliphatic carbocycles. The molecule has 0 aliphatic rings. The second-order valence-corrected chi connectivity index (χ2v) is 16.9. The Hall–Kier alpha value is -1.48. The first-order chi connectivity index (χ1) is 13.0.